The van der Waals surface area contributed by atoms with Crippen LogP contribution < -0.4 is 5.32 Å². The van der Waals surface area contributed by atoms with Gasteiger partial charge in [0.2, 0.25) is 0 Å². The lowest BCUT2D eigenvalue weighted by atomic mass is 10.1. The van der Waals surface area contributed by atoms with Crippen molar-refractivity contribution in [3.05, 3.63) is 75.1 Å². The molecule has 0 radical (unpaired) electrons. The number of pyridine rings is 1. The first kappa shape index (κ1) is 19.6. The third-order valence-electron chi connectivity index (χ3n) is 3.87. The molecule has 0 aliphatic carbocycles. The Balaban J connectivity index is 1.81. The number of hydrogen-bond donors (Lipinski definition) is 2. The van der Waals surface area contributed by atoms with Crippen LogP contribution in [0, 0.1) is 10.1 Å². The van der Waals surface area contributed by atoms with E-state index in [9.17, 15) is 10.1 Å². The Morgan fingerprint density at radius 1 is 1.21 bits per heavy atom. The van der Waals surface area contributed by atoms with E-state index in [4.69, 9.17) is 21.1 Å². The number of hydrogen-bond acceptors (Lipinski definition) is 6. The molecule has 0 aliphatic rings. The van der Waals surface area contributed by atoms with E-state index in [0.717, 1.165) is 22.3 Å². The predicted molar refractivity (Wildman–Crippen MR) is 110 cm³/mol. The van der Waals surface area contributed by atoms with Gasteiger partial charge in [-0.3, -0.25) is 10.1 Å². The van der Waals surface area contributed by atoms with Crippen LogP contribution in [0.5, 0.6) is 0 Å². The lowest BCUT2D eigenvalue weighted by molar-refractivity contribution is -0.402. The number of anilines is 1. The molecule has 8 heteroatoms. The first-order valence-electron chi connectivity index (χ1n) is 8.61. The van der Waals surface area contributed by atoms with Gasteiger partial charge in [0.15, 0.2) is 0 Å². The molecule has 144 valence electrons. The molecule has 0 spiro atoms. The van der Waals surface area contributed by atoms with E-state index in [1.54, 1.807) is 24.3 Å². The van der Waals surface area contributed by atoms with Crippen LogP contribution in [0.3, 0.4) is 0 Å². The van der Waals surface area contributed by atoms with Gasteiger partial charge in [0.25, 0.3) is 0 Å². The van der Waals surface area contributed by atoms with Crippen molar-refractivity contribution in [2.75, 3.05) is 18.5 Å². The number of aliphatic hydroxyl groups excluding tert-OH is 1. The van der Waals surface area contributed by atoms with Crippen molar-refractivity contribution >= 4 is 46.2 Å². The number of aliphatic hydroxyl groups is 1. The first-order chi connectivity index (χ1) is 13.6. The second-order valence-electron chi connectivity index (χ2n) is 5.91. The van der Waals surface area contributed by atoms with Gasteiger partial charge in [-0.25, -0.2) is 4.98 Å². The summed E-state index contributed by atoms with van der Waals surface area (Å²) in [4.78, 5) is 14.6. The maximum atomic E-state index is 10.6. The van der Waals surface area contributed by atoms with Gasteiger partial charge in [0.05, 0.1) is 17.3 Å². The van der Waals surface area contributed by atoms with Crippen molar-refractivity contribution in [2.45, 2.75) is 6.42 Å². The number of allylic oxidation sites excluding steroid dienone is 2. The Labute approximate surface area is 166 Å². The summed E-state index contributed by atoms with van der Waals surface area (Å²) in [6.45, 7) is 0.753. The first-order valence-corrected chi connectivity index (χ1v) is 8.98. The van der Waals surface area contributed by atoms with E-state index in [2.05, 4.69) is 10.3 Å². The highest BCUT2D eigenvalue weighted by atomic mass is 35.5. The fourth-order valence-corrected chi connectivity index (χ4v) is 2.76. The van der Waals surface area contributed by atoms with E-state index in [0.29, 0.717) is 23.7 Å². The van der Waals surface area contributed by atoms with Crippen LogP contribution in [0.4, 0.5) is 11.6 Å². The van der Waals surface area contributed by atoms with E-state index < -0.39 is 4.92 Å². The van der Waals surface area contributed by atoms with Crippen LogP contribution in [0.1, 0.15) is 17.9 Å². The second-order valence-corrected chi connectivity index (χ2v) is 6.35. The summed E-state index contributed by atoms with van der Waals surface area (Å²) in [6.07, 6.45) is 7.56. The quantitative estimate of drug-likeness (QED) is 0.241. The zero-order chi connectivity index (χ0) is 19.9. The number of aromatic nitrogens is 1. The van der Waals surface area contributed by atoms with Crippen molar-refractivity contribution < 1.29 is 14.4 Å². The molecule has 2 aromatic heterocycles. The number of rotatable bonds is 8. The highest BCUT2D eigenvalue weighted by Gasteiger charge is 2.09. The van der Waals surface area contributed by atoms with Gasteiger partial charge in [0.1, 0.15) is 10.7 Å². The molecule has 2 N–H and O–H groups in total. The molecule has 0 aliphatic heterocycles. The second kappa shape index (κ2) is 9.16. The van der Waals surface area contributed by atoms with E-state index in [1.807, 2.05) is 24.3 Å². The molecule has 0 unspecified atom stereocenters. The van der Waals surface area contributed by atoms with Gasteiger partial charge in [0, 0.05) is 29.2 Å². The number of nitrogens with one attached hydrogen (secondary N) is 1. The monoisotopic (exact) mass is 399 g/mol. The van der Waals surface area contributed by atoms with Gasteiger partial charge in [-0.05, 0) is 48.9 Å². The van der Waals surface area contributed by atoms with Gasteiger partial charge in [-0.1, -0.05) is 23.8 Å². The van der Waals surface area contributed by atoms with Crippen LogP contribution in [0.15, 0.2) is 53.0 Å². The predicted octanol–water partition coefficient (Wildman–Crippen LogP) is 4.91. The topological polar surface area (TPSA) is 101 Å². The molecule has 0 atom stereocenters. The summed E-state index contributed by atoms with van der Waals surface area (Å²) in [5, 5.41) is 24.5. The molecule has 2 heterocycles. The minimum Gasteiger partial charge on any atom is -0.401 e. The Hall–Kier alpha value is -3.16. The van der Waals surface area contributed by atoms with Crippen LogP contribution >= 0.6 is 11.6 Å². The maximum absolute atomic E-state index is 10.6. The molecular weight excluding hydrogens is 382 g/mol. The van der Waals surface area contributed by atoms with Crippen LogP contribution in [-0.2, 0) is 0 Å². The number of halogens is 1. The maximum Gasteiger partial charge on any atom is 0.433 e. The van der Waals surface area contributed by atoms with Crippen LogP contribution in [0.25, 0.3) is 23.1 Å². The van der Waals surface area contributed by atoms with Crippen molar-refractivity contribution in [3.63, 3.8) is 0 Å². The zero-order valence-corrected chi connectivity index (χ0v) is 15.6. The average molecular weight is 400 g/mol. The summed E-state index contributed by atoms with van der Waals surface area (Å²) in [6, 6.07) is 10.3. The smallest absolute Gasteiger partial charge is 0.401 e. The lowest BCUT2D eigenvalue weighted by Gasteiger charge is -2.10. The third-order valence-corrected chi connectivity index (χ3v) is 4.11. The Bertz CT molecular complexity index is 1040. The normalized spacial score (nSPS) is 11.6. The summed E-state index contributed by atoms with van der Waals surface area (Å²) in [5.41, 5.74) is 2.38. The van der Waals surface area contributed by atoms with Crippen molar-refractivity contribution in [1.82, 2.24) is 4.98 Å². The minimum absolute atomic E-state index is 0.115. The number of nitrogens with zero attached hydrogens (tertiary/aromatic N) is 2. The fraction of sp³-hybridized carbons (Fsp3) is 0.150. The minimum atomic E-state index is -0.581. The van der Waals surface area contributed by atoms with E-state index in [-0.39, 0.29) is 12.5 Å². The molecular formula is C20H18ClN3O4. The molecule has 28 heavy (non-hydrogen) atoms. The summed E-state index contributed by atoms with van der Waals surface area (Å²) < 4.78 is 5.06. The summed E-state index contributed by atoms with van der Waals surface area (Å²) in [5.74, 6) is 0.0938. The van der Waals surface area contributed by atoms with E-state index >= 15 is 0 Å². The average Bonchev–Trinajstić information content (AvgIpc) is 3.14. The Morgan fingerprint density at radius 2 is 2.04 bits per heavy atom. The fourth-order valence-electron chi connectivity index (χ4n) is 2.59. The third kappa shape index (κ3) is 4.97. The molecule has 0 saturated carbocycles. The standard InChI is InChI=1S/C20H18ClN3O4/c21-14-6-8-17-18(22-10-3-11-25)13-15(23-19(17)12-14)4-1-2-5-16-7-9-20(28-16)24(26)27/h1-2,4-9,12-13,25H,3,10-11H2,(H,22,23)/b4-1+,5-2+. The van der Waals surface area contributed by atoms with Gasteiger partial charge in [-0.15, -0.1) is 0 Å². The molecule has 3 aromatic rings. The molecule has 7 nitrogen and oxygen atoms in total. The zero-order valence-electron chi connectivity index (χ0n) is 14.8. The number of furan rings is 1. The van der Waals surface area contributed by atoms with Crippen molar-refractivity contribution in [3.8, 4) is 0 Å². The van der Waals surface area contributed by atoms with Gasteiger partial charge >= 0.3 is 5.88 Å². The molecule has 0 fully saturated rings. The van der Waals surface area contributed by atoms with Crippen LogP contribution in [0.2, 0.25) is 5.02 Å². The molecule has 3 rings (SSSR count). The number of nitro groups is 1. The lowest BCUT2D eigenvalue weighted by Crippen LogP contribution is -2.04. The molecule has 0 amide bonds. The largest absolute Gasteiger partial charge is 0.433 e. The van der Waals surface area contributed by atoms with Gasteiger partial charge in [-0.2, -0.15) is 0 Å². The molecule has 1 aromatic carbocycles. The summed E-state index contributed by atoms with van der Waals surface area (Å²) in [7, 11) is 0. The van der Waals surface area contributed by atoms with E-state index in [1.165, 1.54) is 12.1 Å². The number of fused-ring (bicyclic) bond motifs is 1. The van der Waals surface area contributed by atoms with Crippen molar-refractivity contribution in [2.24, 2.45) is 0 Å². The number of benzene rings is 1. The Kier molecular flexibility index (Phi) is 6.41. The highest BCUT2D eigenvalue weighted by molar-refractivity contribution is 6.31. The van der Waals surface area contributed by atoms with Crippen molar-refractivity contribution in [1.29, 1.82) is 0 Å². The van der Waals surface area contributed by atoms with Crippen LogP contribution in [-0.4, -0.2) is 28.2 Å². The highest BCUT2D eigenvalue weighted by Crippen LogP contribution is 2.26. The molecule has 0 saturated heterocycles. The molecule has 0 bridgehead atoms. The SMILES string of the molecule is O=[N+]([O-])c1ccc(/C=C/C=C/c2cc(NCCCO)c3ccc(Cl)cc3n2)o1. The van der Waals surface area contributed by atoms with Gasteiger partial charge < -0.3 is 14.8 Å². The summed E-state index contributed by atoms with van der Waals surface area (Å²) >= 11 is 6.09. The Morgan fingerprint density at radius 3 is 2.79 bits per heavy atom.